The minimum atomic E-state index is -0.832. The molecular weight excluding hydrogens is 376 g/mol. The summed E-state index contributed by atoms with van der Waals surface area (Å²) in [5.74, 6) is -1.10. The molecule has 2 aromatic carbocycles. The molecule has 0 aliphatic heterocycles. The summed E-state index contributed by atoms with van der Waals surface area (Å²) in [6.45, 7) is 3.54. The molecule has 0 aliphatic rings. The first-order valence-electron chi connectivity index (χ1n) is 9.14. The van der Waals surface area contributed by atoms with Crippen LogP contribution in [-0.2, 0) is 16.1 Å². The van der Waals surface area contributed by atoms with Crippen LogP contribution in [0.4, 0.5) is 0 Å². The molecule has 29 heavy (non-hydrogen) atoms. The highest BCUT2D eigenvalue weighted by atomic mass is 16.5. The second kappa shape index (κ2) is 9.01. The largest absolute Gasteiger partial charge is 0.618 e. The van der Waals surface area contributed by atoms with Crippen molar-refractivity contribution in [2.45, 2.75) is 20.5 Å². The average Bonchev–Trinajstić information content (AvgIpc) is 2.73. The quantitative estimate of drug-likeness (QED) is 0.344. The molecule has 0 N–H and O–H groups in total. The fourth-order valence-corrected chi connectivity index (χ4v) is 2.80. The first-order chi connectivity index (χ1) is 14.1. The van der Waals surface area contributed by atoms with Crippen LogP contribution in [0.1, 0.15) is 40.4 Å². The Labute approximate surface area is 167 Å². The molecule has 0 aliphatic carbocycles. The van der Waals surface area contributed by atoms with Gasteiger partial charge in [-0.1, -0.05) is 24.3 Å². The van der Waals surface area contributed by atoms with Gasteiger partial charge in [-0.2, -0.15) is 4.73 Å². The number of esters is 2. The predicted octanol–water partition coefficient (Wildman–Crippen LogP) is 2.80. The number of ether oxygens (including phenoxy) is 3. The number of benzene rings is 2. The van der Waals surface area contributed by atoms with Gasteiger partial charge in [0.25, 0.3) is 0 Å². The maximum Gasteiger partial charge on any atom is 0.407 e. The van der Waals surface area contributed by atoms with Gasteiger partial charge in [0, 0.05) is 6.07 Å². The second-order valence-corrected chi connectivity index (χ2v) is 5.92. The molecule has 0 bridgehead atoms. The number of hydrogen-bond donors (Lipinski definition) is 0. The van der Waals surface area contributed by atoms with Crippen molar-refractivity contribution in [3.8, 4) is 5.75 Å². The van der Waals surface area contributed by atoms with Gasteiger partial charge in [0.2, 0.25) is 5.52 Å². The fourth-order valence-electron chi connectivity index (χ4n) is 2.80. The van der Waals surface area contributed by atoms with Crippen LogP contribution in [0.2, 0.25) is 0 Å². The van der Waals surface area contributed by atoms with Crippen LogP contribution in [0.15, 0.2) is 48.5 Å². The number of hydrogen-bond acceptors (Lipinski definition) is 7. The first kappa shape index (κ1) is 20.1. The van der Waals surface area contributed by atoms with Crippen LogP contribution in [0.25, 0.3) is 11.0 Å². The van der Waals surface area contributed by atoms with Crippen molar-refractivity contribution < 1.29 is 28.5 Å². The van der Waals surface area contributed by atoms with Gasteiger partial charge in [0.05, 0.1) is 13.2 Å². The molecular formula is C21H20N2O6. The van der Waals surface area contributed by atoms with Crippen molar-refractivity contribution in [3.63, 3.8) is 0 Å². The monoisotopic (exact) mass is 396 g/mol. The standard InChI is InChI=1S/C21H20N2O6/c1-3-27-18-12-8-5-9-14(18)20(24)29-13-16-19(21(25)28-4-2)23(26)17-11-7-6-10-15(17)22-16/h5-12H,3-4,13H2,1-2H3. The van der Waals surface area contributed by atoms with Crippen molar-refractivity contribution in [2.24, 2.45) is 0 Å². The summed E-state index contributed by atoms with van der Waals surface area (Å²) in [7, 11) is 0. The summed E-state index contributed by atoms with van der Waals surface area (Å²) in [6.07, 6.45) is 0. The molecule has 8 heteroatoms. The molecule has 0 amide bonds. The van der Waals surface area contributed by atoms with E-state index < -0.39 is 11.9 Å². The molecule has 0 fully saturated rings. The van der Waals surface area contributed by atoms with Crippen molar-refractivity contribution >= 4 is 23.0 Å². The SMILES string of the molecule is CCOC(=O)c1c(COC(=O)c2ccccc2OCC)nc2ccccc2[n+]1[O-]. The molecule has 3 rings (SSSR count). The van der Waals surface area contributed by atoms with Crippen LogP contribution < -0.4 is 9.47 Å². The third-order valence-electron chi connectivity index (χ3n) is 4.05. The molecule has 0 spiro atoms. The van der Waals surface area contributed by atoms with E-state index in [1.807, 2.05) is 0 Å². The fraction of sp³-hybridized carbons (Fsp3) is 0.238. The molecule has 1 heterocycles. The van der Waals surface area contributed by atoms with E-state index >= 15 is 0 Å². The highest BCUT2D eigenvalue weighted by molar-refractivity contribution is 5.93. The number of nitrogens with zero attached hydrogens (tertiary/aromatic N) is 2. The number of para-hydroxylation sites is 3. The van der Waals surface area contributed by atoms with Gasteiger partial charge in [-0.25, -0.2) is 14.6 Å². The number of aromatic nitrogens is 2. The summed E-state index contributed by atoms with van der Waals surface area (Å²) in [6, 6.07) is 13.2. The lowest BCUT2D eigenvalue weighted by Crippen LogP contribution is -2.39. The lowest BCUT2D eigenvalue weighted by molar-refractivity contribution is -0.581. The molecule has 8 nitrogen and oxygen atoms in total. The Bertz CT molecular complexity index is 1050. The summed E-state index contributed by atoms with van der Waals surface area (Å²) in [4.78, 5) is 29.2. The highest BCUT2D eigenvalue weighted by Crippen LogP contribution is 2.20. The zero-order chi connectivity index (χ0) is 20.8. The van der Waals surface area contributed by atoms with E-state index in [1.54, 1.807) is 62.4 Å². The maximum atomic E-state index is 12.7. The maximum absolute atomic E-state index is 12.7. The van der Waals surface area contributed by atoms with E-state index in [4.69, 9.17) is 14.2 Å². The Kier molecular flexibility index (Phi) is 6.23. The van der Waals surface area contributed by atoms with Crippen molar-refractivity contribution in [2.75, 3.05) is 13.2 Å². The number of rotatable bonds is 7. The van der Waals surface area contributed by atoms with E-state index in [0.29, 0.717) is 22.6 Å². The molecule has 150 valence electrons. The molecule has 0 unspecified atom stereocenters. The Hall–Kier alpha value is -3.68. The average molecular weight is 396 g/mol. The molecule has 0 radical (unpaired) electrons. The minimum absolute atomic E-state index is 0.0133. The van der Waals surface area contributed by atoms with Crippen LogP contribution >= 0.6 is 0 Å². The lowest BCUT2D eigenvalue weighted by Gasteiger charge is -2.12. The van der Waals surface area contributed by atoms with Gasteiger partial charge in [-0.3, -0.25) is 0 Å². The zero-order valence-electron chi connectivity index (χ0n) is 16.1. The van der Waals surface area contributed by atoms with Gasteiger partial charge in [0.15, 0.2) is 5.69 Å². The van der Waals surface area contributed by atoms with Gasteiger partial charge in [0.1, 0.15) is 23.4 Å². The van der Waals surface area contributed by atoms with Crippen molar-refractivity contribution in [3.05, 3.63) is 70.7 Å². The summed E-state index contributed by atoms with van der Waals surface area (Å²) in [5.41, 5.74) is 0.530. The Balaban J connectivity index is 1.94. The zero-order valence-corrected chi connectivity index (χ0v) is 16.1. The number of carbonyl (C=O) groups excluding carboxylic acids is 2. The number of carbonyl (C=O) groups is 2. The molecule has 1 aromatic heterocycles. The van der Waals surface area contributed by atoms with Gasteiger partial charge < -0.3 is 19.4 Å². The lowest BCUT2D eigenvalue weighted by atomic mass is 10.2. The van der Waals surface area contributed by atoms with Crippen LogP contribution in [0, 0.1) is 5.21 Å². The molecule has 0 atom stereocenters. The van der Waals surface area contributed by atoms with E-state index in [9.17, 15) is 14.8 Å². The molecule has 0 saturated heterocycles. The third kappa shape index (κ3) is 4.26. The molecule has 0 saturated carbocycles. The topological polar surface area (TPSA) is 102 Å². The van der Waals surface area contributed by atoms with Crippen molar-refractivity contribution in [1.82, 2.24) is 4.98 Å². The van der Waals surface area contributed by atoms with Gasteiger partial charge in [-0.15, -0.1) is 0 Å². The number of fused-ring (bicyclic) bond motifs is 1. The Morgan fingerprint density at radius 3 is 2.45 bits per heavy atom. The van der Waals surface area contributed by atoms with E-state index in [1.165, 1.54) is 0 Å². The summed E-state index contributed by atoms with van der Waals surface area (Å²) < 4.78 is 16.2. The van der Waals surface area contributed by atoms with E-state index in [0.717, 1.165) is 0 Å². The summed E-state index contributed by atoms with van der Waals surface area (Å²) >= 11 is 0. The van der Waals surface area contributed by atoms with Crippen molar-refractivity contribution in [1.29, 1.82) is 0 Å². The first-order valence-corrected chi connectivity index (χ1v) is 9.14. The predicted molar refractivity (Wildman–Crippen MR) is 103 cm³/mol. The van der Waals surface area contributed by atoms with E-state index in [-0.39, 0.29) is 35.7 Å². The smallest absolute Gasteiger partial charge is 0.407 e. The van der Waals surface area contributed by atoms with Crippen LogP contribution in [0.5, 0.6) is 5.75 Å². The van der Waals surface area contributed by atoms with Gasteiger partial charge >= 0.3 is 17.6 Å². The normalized spacial score (nSPS) is 10.6. The molecule has 3 aromatic rings. The summed E-state index contributed by atoms with van der Waals surface area (Å²) in [5, 5.41) is 12.7. The third-order valence-corrected chi connectivity index (χ3v) is 4.05. The van der Waals surface area contributed by atoms with Gasteiger partial charge in [-0.05, 0) is 32.0 Å². The van der Waals surface area contributed by atoms with Crippen LogP contribution in [0.3, 0.4) is 0 Å². The van der Waals surface area contributed by atoms with E-state index in [2.05, 4.69) is 4.98 Å². The minimum Gasteiger partial charge on any atom is -0.618 e. The Morgan fingerprint density at radius 1 is 0.966 bits per heavy atom. The second-order valence-electron chi connectivity index (χ2n) is 5.92. The Morgan fingerprint density at radius 2 is 1.69 bits per heavy atom. The highest BCUT2D eigenvalue weighted by Gasteiger charge is 2.28. The van der Waals surface area contributed by atoms with Crippen LogP contribution in [-0.4, -0.2) is 30.1 Å².